The van der Waals surface area contributed by atoms with Crippen LogP contribution in [0, 0.1) is 18.3 Å². The highest BCUT2D eigenvalue weighted by Crippen LogP contribution is 2.28. The fourth-order valence-electron chi connectivity index (χ4n) is 2.55. The largest absolute Gasteiger partial charge is 0.275 e. The Hall–Kier alpha value is -3.00. The number of nitrogens with zero attached hydrogens (tertiary/aromatic N) is 5. The molecule has 0 aliphatic carbocycles. The Kier molecular flexibility index (Phi) is 3.67. The van der Waals surface area contributed by atoms with Gasteiger partial charge in [-0.3, -0.25) is 14.7 Å². The molecule has 0 amide bonds. The lowest BCUT2D eigenvalue weighted by Gasteiger charge is -2.06. The van der Waals surface area contributed by atoms with E-state index in [4.69, 9.17) is 0 Å². The van der Waals surface area contributed by atoms with Crippen molar-refractivity contribution >= 4 is 22.3 Å². The molecule has 0 fully saturated rings. The van der Waals surface area contributed by atoms with Crippen LogP contribution in [0.4, 0.5) is 5.69 Å². The molecule has 0 atom stereocenters. The average Bonchev–Trinajstić information content (AvgIpc) is 2.88. The van der Waals surface area contributed by atoms with E-state index in [0.29, 0.717) is 5.56 Å². The van der Waals surface area contributed by atoms with Gasteiger partial charge in [-0.05, 0) is 44.5 Å². The van der Waals surface area contributed by atoms with Gasteiger partial charge in [0.2, 0.25) is 0 Å². The van der Waals surface area contributed by atoms with Gasteiger partial charge in [-0.25, -0.2) is 0 Å². The maximum absolute atomic E-state index is 9.38. The van der Waals surface area contributed by atoms with Crippen molar-refractivity contribution in [2.75, 3.05) is 0 Å². The molecule has 0 N–H and O–H groups in total. The molecule has 0 saturated heterocycles. The van der Waals surface area contributed by atoms with Gasteiger partial charge < -0.3 is 0 Å². The molecule has 0 aliphatic heterocycles. The summed E-state index contributed by atoms with van der Waals surface area (Å²) in [4.78, 5) is 8.98. The zero-order valence-electron chi connectivity index (χ0n) is 13.6. The van der Waals surface area contributed by atoms with Crippen molar-refractivity contribution in [2.45, 2.75) is 20.8 Å². The normalized spacial score (nSPS) is 10.6. The topological polar surface area (TPSA) is 66.9 Å². The second-order valence-electron chi connectivity index (χ2n) is 5.79. The fraction of sp³-hybridized carbons (Fsp3) is 0.222. The first kappa shape index (κ1) is 14.9. The number of aryl methyl sites for hydroxylation is 2. The van der Waals surface area contributed by atoms with E-state index in [-0.39, 0.29) is 0 Å². The molecule has 0 spiro atoms. The van der Waals surface area contributed by atoms with Gasteiger partial charge in [-0.15, -0.1) is 0 Å². The molecule has 23 heavy (non-hydrogen) atoms. The van der Waals surface area contributed by atoms with E-state index in [1.165, 1.54) is 0 Å². The van der Waals surface area contributed by atoms with Gasteiger partial charge in [0.05, 0.1) is 23.1 Å². The Bertz CT molecular complexity index is 969. The molecule has 2 heterocycles. The molecule has 5 heteroatoms. The monoisotopic (exact) mass is 303 g/mol. The molecule has 5 nitrogen and oxygen atoms in total. The molecule has 0 bridgehead atoms. The Morgan fingerprint density at radius 1 is 1.26 bits per heavy atom. The van der Waals surface area contributed by atoms with Crippen LogP contribution in [0.2, 0.25) is 0 Å². The van der Waals surface area contributed by atoms with Gasteiger partial charge in [0, 0.05) is 29.9 Å². The summed E-state index contributed by atoms with van der Waals surface area (Å²) in [5.74, 6) is 0. The van der Waals surface area contributed by atoms with Crippen LogP contribution >= 0.6 is 0 Å². The summed E-state index contributed by atoms with van der Waals surface area (Å²) in [6.07, 6.45) is 3.68. The second kappa shape index (κ2) is 5.65. The van der Waals surface area contributed by atoms with E-state index in [9.17, 15) is 5.26 Å². The maximum atomic E-state index is 9.38. The van der Waals surface area contributed by atoms with E-state index in [2.05, 4.69) is 21.1 Å². The van der Waals surface area contributed by atoms with Gasteiger partial charge >= 0.3 is 0 Å². The van der Waals surface area contributed by atoms with Crippen LogP contribution in [-0.4, -0.2) is 20.5 Å². The predicted octanol–water partition coefficient (Wildman–Crippen LogP) is 3.93. The number of aliphatic imine (C=N–C) groups is 1. The van der Waals surface area contributed by atoms with E-state index in [1.807, 2.05) is 52.2 Å². The number of hydrogen-bond donors (Lipinski definition) is 0. The lowest BCUT2D eigenvalue weighted by Crippen LogP contribution is -1.89. The van der Waals surface area contributed by atoms with Crippen LogP contribution in [0.5, 0.6) is 0 Å². The fourth-order valence-corrected chi connectivity index (χ4v) is 2.55. The predicted molar refractivity (Wildman–Crippen MR) is 91.8 cm³/mol. The molecule has 114 valence electrons. The van der Waals surface area contributed by atoms with Crippen LogP contribution < -0.4 is 0 Å². The van der Waals surface area contributed by atoms with Crippen LogP contribution in [-0.2, 0) is 7.05 Å². The van der Waals surface area contributed by atoms with E-state index < -0.39 is 0 Å². The summed E-state index contributed by atoms with van der Waals surface area (Å²) in [6.45, 7) is 5.94. The van der Waals surface area contributed by atoms with Gasteiger partial charge in [0.1, 0.15) is 11.6 Å². The number of fused-ring (bicyclic) bond motifs is 1. The number of hydrogen-bond acceptors (Lipinski definition) is 4. The van der Waals surface area contributed by atoms with Crippen molar-refractivity contribution in [2.24, 2.45) is 12.0 Å². The highest BCUT2D eigenvalue weighted by Gasteiger charge is 2.10. The first-order valence-corrected chi connectivity index (χ1v) is 7.34. The highest BCUT2D eigenvalue weighted by molar-refractivity contribution is 5.89. The highest BCUT2D eigenvalue weighted by atomic mass is 15.2. The molecule has 2 aromatic heterocycles. The number of aromatic nitrogens is 3. The molecular weight excluding hydrogens is 286 g/mol. The van der Waals surface area contributed by atoms with Crippen LogP contribution in [0.1, 0.15) is 25.0 Å². The van der Waals surface area contributed by atoms with Gasteiger partial charge in [-0.2, -0.15) is 10.4 Å². The molecule has 3 rings (SSSR count). The Labute approximate surface area is 134 Å². The Morgan fingerprint density at radius 3 is 2.70 bits per heavy atom. The van der Waals surface area contributed by atoms with E-state index >= 15 is 0 Å². The van der Waals surface area contributed by atoms with Gasteiger partial charge in [0.15, 0.2) is 0 Å². The SMILES string of the molecule is CC(C)=Nc1cnc(-c2cc(C#N)c3nn(C)cc3c2)cc1C. The third-order valence-electron chi connectivity index (χ3n) is 3.57. The molecule has 1 aromatic carbocycles. The minimum atomic E-state index is 0.559. The molecule has 3 aromatic rings. The van der Waals surface area contributed by atoms with E-state index in [0.717, 1.165) is 39.1 Å². The third-order valence-corrected chi connectivity index (χ3v) is 3.57. The van der Waals surface area contributed by atoms with Gasteiger partial charge in [0.25, 0.3) is 0 Å². The first-order chi connectivity index (χ1) is 11.0. The van der Waals surface area contributed by atoms with Crippen molar-refractivity contribution in [3.8, 4) is 17.3 Å². The zero-order chi connectivity index (χ0) is 16.6. The minimum absolute atomic E-state index is 0.559. The van der Waals surface area contributed by atoms with Crippen molar-refractivity contribution in [1.82, 2.24) is 14.8 Å². The molecule has 0 unspecified atom stereocenters. The van der Waals surface area contributed by atoms with Crippen LogP contribution in [0.15, 0.2) is 35.6 Å². The Balaban J connectivity index is 2.15. The standard InChI is InChI=1S/C18H17N5/c1-11(2)21-17-9-20-16(5-12(17)3)13-6-14(8-19)18-15(7-13)10-23(4)22-18/h5-7,9-10H,1-4H3. The van der Waals surface area contributed by atoms with Gasteiger partial charge in [-0.1, -0.05) is 0 Å². The lowest BCUT2D eigenvalue weighted by atomic mass is 10.0. The summed E-state index contributed by atoms with van der Waals surface area (Å²) in [6, 6.07) is 8.07. The summed E-state index contributed by atoms with van der Waals surface area (Å²) in [7, 11) is 1.85. The first-order valence-electron chi connectivity index (χ1n) is 7.34. The summed E-state index contributed by atoms with van der Waals surface area (Å²) in [5, 5.41) is 14.7. The van der Waals surface area contributed by atoms with Crippen molar-refractivity contribution < 1.29 is 0 Å². The minimum Gasteiger partial charge on any atom is -0.275 e. The smallest absolute Gasteiger partial charge is 0.110 e. The molecule has 0 aliphatic rings. The van der Waals surface area contributed by atoms with Crippen molar-refractivity contribution in [1.29, 1.82) is 5.26 Å². The van der Waals surface area contributed by atoms with E-state index in [1.54, 1.807) is 10.9 Å². The molecular formula is C18H17N5. The average molecular weight is 303 g/mol. The zero-order valence-corrected chi connectivity index (χ0v) is 13.6. The number of benzene rings is 1. The summed E-state index contributed by atoms with van der Waals surface area (Å²) < 4.78 is 1.72. The summed E-state index contributed by atoms with van der Waals surface area (Å²) in [5.41, 5.74) is 5.94. The van der Waals surface area contributed by atoms with Crippen molar-refractivity contribution in [3.05, 3.63) is 41.7 Å². The number of pyridine rings is 1. The Morgan fingerprint density at radius 2 is 2.04 bits per heavy atom. The summed E-state index contributed by atoms with van der Waals surface area (Å²) >= 11 is 0. The number of nitriles is 1. The van der Waals surface area contributed by atoms with Crippen LogP contribution in [0.25, 0.3) is 22.2 Å². The van der Waals surface area contributed by atoms with Crippen molar-refractivity contribution in [3.63, 3.8) is 0 Å². The second-order valence-corrected chi connectivity index (χ2v) is 5.79. The maximum Gasteiger partial charge on any atom is 0.110 e. The lowest BCUT2D eigenvalue weighted by molar-refractivity contribution is 0.779. The third kappa shape index (κ3) is 2.84. The van der Waals surface area contributed by atoms with Crippen LogP contribution in [0.3, 0.4) is 0 Å². The molecule has 0 radical (unpaired) electrons. The quantitative estimate of drug-likeness (QED) is 0.674. The molecule has 0 saturated carbocycles. The number of rotatable bonds is 2.